The van der Waals surface area contributed by atoms with E-state index in [4.69, 9.17) is 23.2 Å². The zero-order valence-corrected chi connectivity index (χ0v) is 16.0. The molecule has 5 nitrogen and oxygen atoms in total. The maximum Gasteiger partial charge on any atom is 0.221 e. The third-order valence-electron chi connectivity index (χ3n) is 3.32. The van der Waals surface area contributed by atoms with Crippen LogP contribution >= 0.6 is 34.5 Å². The Morgan fingerprint density at radius 2 is 1.92 bits per heavy atom. The van der Waals surface area contributed by atoms with Crippen molar-refractivity contribution in [3.05, 3.63) is 63.5 Å². The molecule has 1 heterocycles. The average molecular weight is 405 g/mol. The number of hydrogen-bond acceptors (Lipinski definition) is 5. The molecule has 0 aliphatic heterocycles. The molecule has 2 N–H and O–H groups in total. The Labute approximate surface area is 164 Å². The second-order valence-electron chi connectivity index (χ2n) is 5.34. The molecular weight excluding hydrogens is 391 g/mol. The Bertz CT molecular complexity index is 954. The molecule has 0 aliphatic rings. The number of halogens is 2. The van der Waals surface area contributed by atoms with Crippen LogP contribution in [0.1, 0.15) is 12.5 Å². The van der Waals surface area contributed by atoms with Crippen molar-refractivity contribution in [1.29, 1.82) is 0 Å². The van der Waals surface area contributed by atoms with Gasteiger partial charge < -0.3 is 5.32 Å². The minimum atomic E-state index is -0.0993. The van der Waals surface area contributed by atoms with Crippen molar-refractivity contribution in [3.8, 4) is 11.3 Å². The summed E-state index contributed by atoms with van der Waals surface area (Å²) in [7, 11) is 0. The van der Waals surface area contributed by atoms with Gasteiger partial charge in [-0.25, -0.2) is 4.98 Å². The van der Waals surface area contributed by atoms with E-state index in [9.17, 15) is 4.79 Å². The Morgan fingerprint density at radius 1 is 1.15 bits per heavy atom. The van der Waals surface area contributed by atoms with E-state index in [0.717, 1.165) is 22.5 Å². The Hall–Kier alpha value is -2.41. The molecule has 0 radical (unpaired) electrons. The second kappa shape index (κ2) is 8.31. The summed E-state index contributed by atoms with van der Waals surface area (Å²) in [4.78, 5) is 15.5. The van der Waals surface area contributed by atoms with E-state index < -0.39 is 0 Å². The summed E-state index contributed by atoms with van der Waals surface area (Å²) < 4.78 is 0. The standard InChI is InChI=1S/C18H14Cl2N4OS/c1-11(25)22-14-5-3-13(4-6-14)17-10-26-18(23-17)24-21-9-12-2-7-15(19)16(20)8-12/h2-10H,1H3,(H,22,25)(H,23,24)/b21-9-. The molecule has 1 aromatic heterocycles. The third kappa shape index (κ3) is 4.82. The number of thiazole rings is 1. The van der Waals surface area contributed by atoms with Crippen LogP contribution < -0.4 is 10.7 Å². The maximum atomic E-state index is 11.1. The molecule has 0 spiro atoms. The van der Waals surface area contributed by atoms with Gasteiger partial charge in [-0.2, -0.15) is 5.10 Å². The lowest BCUT2D eigenvalue weighted by molar-refractivity contribution is -0.114. The van der Waals surface area contributed by atoms with Crippen LogP contribution in [-0.4, -0.2) is 17.1 Å². The van der Waals surface area contributed by atoms with E-state index in [1.807, 2.05) is 35.7 Å². The Morgan fingerprint density at radius 3 is 2.62 bits per heavy atom. The SMILES string of the molecule is CC(=O)Nc1ccc(-c2csc(N/N=C\c3ccc(Cl)c(Cl)c3)n2)cc1. The fourth-order valence-electron chi connectivity index (χ4n) is 2.14. The highest BCUT2D eigenvalue weighted by Gasteiger charge is 2.05. The molecule has 0 saturated carbocycles. The number of hydrogen-bond donors (Lipinski definition) is 2. The molecule has 3 rings (SSSR count). The van der Waals surface area contributed by atoms with Crippen LogP contribution in [0.4, 0.5) is 10.8 Å². The topological polar surface area (TPSA) is 66.4 Å². The molecule has 1 amide bonds. The summed E-state index contributed by atoms with van der Waals surface area (Å²) in [5.41, 5.74) is 6.27. The van der Waals surface area contributed by atoms with Crippen molar-refractivity contribution in [1.82, 2.24) is 4.98 Å². The zero-order valence-electron chi connectivity index (χ0n) is 13.7. The lowest BCUT2D eigenvalue weighted by Crippen LogP contribution is -2.05. The van der Waals surface area contributed by atoms with E-state index in [0.29, 0.717) is 15.2 Å². The van der Waals surface area contributed by atoms with Crippen LogP contribution in [0.25, 0.3) is 11.3 Å². The van der Waals surface area contributed by atoms with E-state index in [1.54, 1.807) is 18.3 Å². The second-order valence-corrected chi connectivity index (χ2v) is 7.01. The number of nitrogens with zero attached hydrogens (tertiary/aromatic N) is 2. The first-order valence-electron chi connectivity index (χ1n) is 7.59. The highest BCUT2D eigenvalue weighted by molar-refractivity contribution is 7.14. The molecule has 0 bridgehead atoms. The number of nitrogens with one attached hydrogen (secondary N) is 2. The van der Waals surface area contributed by atoms with Gasteiger partial charge in [-0.15, -0.1) is 11.3 Å². The number of benzene rings is 2. The van der Waals surface area contributed by atoms with Crippen molar-refractivity contribution in [2.45, 2.75) is 6.92 Å². The summed E-state index contributed by atoms with van der Waals surface area (Å²) in [6, 6.07) is 12.8. The Kier molecular flexibility index (Phi) is 5.88. The Balaban J connectivity index is 1.65. The molecule has 0 fully saturated rings. The minimum absolute atomic E-state index is 0.0993. The maximum absolute atomic E-state index is 11.1. The van der Waals surface area contributed by atoms with Crippen molar-refractivity contribution in [2.75, 3.05) is 10.7 Å². The largest absolute Gasteiger partial charge is 0.326 e. The molecule has 2 aromatic carbocycles. The van der Waals surface area contributed by atoms with E-state index >= 15 is 0 Å². The number of anilines is 2. The van der Waals surface area contributed by atoms with Crippen LogP contribution in [0, 0.1) is 0 Å². The minimum Gasteiger partial charge on any atom is -0.326 e. The van der Waals surface area contributed by atoms with Crippen molar-refractivity contribution in [2.24, 2.45) is 5.10 Å². The molecule has 0 saturated heterocycles. The number of carbonyl (C=O) groups is 1. The van der Waals surface area contributed by atoms with Crippen LogP contribution in [0.15, 0.2) is 52.9 Å². The summed E-state index contributed by atoms with van der Waals surface area (Å²) in [5, 5.41) is 10.5. The van der Waals surface area contributed by atoms with Crippen molar-refractivity contribution < 1.29 is 4.79 Å². The highest BCUT2D eigenvalue weighted by Crippen LogP contribution is 2.26. The van der Waals surface area contributed by atoms with Gasteiger partial charge in [0.15, 0.2) is 0 Å². The lowest BCUT2D eigenvalue weighted by Gasteiger charge is -2.02. The van der Waals surface area contributed by atoms with Gasteiger partial charge in [0.1, 0.15) is 0 Å². The fraction of sp³-hybridized carbons (Fsp3) is 0.0556. The van der Waals surface area contributed by atoms with Gasteiger partial charge in [0.2, 0.25) is 11.0 Å². The van der Waals surface area contributed by atoms with Crippen LogP contribution in [0.5, 0.6) is 0 Å². The summed E-state index contributed by atoms with van der Waals surface area (Å²) in [6.45, 7) is 1.48. The van der Waals surface area contributed by atoms with E-state index in [2.05, 4.69) is 20.8 Å². The first-order chi connectivity index (χ1) is 12.5. The number of amides is 1. The van der Waals surface area contributed by atoms with Gasteiger partial charge in [0.25, 0.3) is 0 Å². The summed E-state index contributed by atoms with van der Waals surface area (Å²) in [5.74, 6) is -0.0993. The molecule has 26 heavy (non-hydrogen) atoms. The number of hydrazone groups is 1. The predicted molar refractivity (Wildman–Crippen MR) is 110 cm³/mol. The normalized spacial score (nSPS) is 10.9. The van der Waals surface area contributed by atoms with Gasteiger partial charge in [-0.3, -0.25) is 10.2 Å². The zero-order chi connectivity index (χ0) is 18.5. The molecule has 0 atom stereocenters. The smallest absolute Gasteiger partial charge is 0.221 e. The summed E-state index contributed by atoms with van der Waals surface area (Å²) >= 11 is 13.3. The highest BCUT2D eigenvalue weighted by atomic mass is 35.5. The van der Waals surface area contributed by atoms with Crippen LogP contribution in [0.2, 0.25) is 10.0 Å². The van der Waals surface area contributed by atoms with Crippen LogP contribution in [-0.2, 0) is 4.79 Å². The fourth-order valence-corrected chi connectivity index (χ4v) is 3.12. The van der Waals surface area contributed by atoms with E-state index in [-0.39, 0.29) is 5.91 Å². The number of carbonyl (C=O) groups excluding carboxylic acids is 1. The van der Waals surface area contributed by atoms with E-state index in [1.165, 1.54) is 18.3 Å². The molecule has 132 valence electrons. The molecule has 0 aliphatic carbocycles. The van der Waals surface area contributed by atoms with Gasteiger partial charge in [-0.1, -0.05) is 41.4 Å². The third-order valence-corrected chi connectivity index (χ3v) is 4.81. The average Bonchev–Trinajstić information content (AvgIpc) is 3.07. The molecule has 8 heteroatoms. The summed E-state index contributed by atoms with van der Waals surface area (Å²) in [6.07, 6.45) is 1.64. The van der Waals surface area contributed by atoms with Crippen LogP contribution in [0.3, 0.4) is 0 Å². The first-order valence-corrected chi connectivity index (χ1v) is 9.22. The van der Waals surface area contributed by atoms with Gasteiger partial charge in [0, 0.05) is 23.6 Å². The van der Waals surface area contributed by atoms with Gasteiger partial charge in [-0.05, 0) is 29.8 Å². The first kappa shape index (κ1) is 18.4. The molecule has 3 aromatic rings. The molecular formula is C18H14Cl2N4OS. The van der Waals surface area contributed by atoms with Crippen molar-refractivity contribution >= 4 is 57.5 Å². The molecule has 0 unspecified atom stereocenters. The quantitative estimate of drug-likeness (QED) is 0.434. The predicted octanol–water partition coefficient (Wildman–Crippen LogP) is 5.52. The monoisotopic (exact) mass is 404 g/mol. The lowest BCUT2D eigenvalue weighted by atomic mass is 10.1. The number of aromatic nitrogens is 1. The van der Waals surface area contributed by atoms with Gasteiger partial charge in [0.05, 0.1) is 22.0 Å². The van der Waals surface area contributed by atoms with Crippen molar-refractivity contribution in [3.63, 3.8) is 0 Å². The number of rotatable bonds is 5. The van der Waals surface area contributed by atoms with Gasteiger partial charge >= 0.3 is 0 Å².